The van der Waals surface area contributed by atoms with Gasteiger partial charge in [0.15, 0.2) is 5.65 Å². The average Bonchev–Trinajstić information content (AvgIpc) is 3.24. The van der Waals surface area contributed by atoms with Gasteiger partial charge in [-0.2, -0.15) is 0 Å². The van der Waals surface area contributed by atoms with Crippen LogP contribution in [0, 0.1) is 0 Å². The number of furan rings is 1. The molecule has 4 heterocycles. The Labute approximate surface area is 137 Å². The largest absolute Gasteiger partial charge is 0.472 e. The van der Waals surface area contributed by atoms with E-state index < -0.39 is 0 Å². The molecule has 0 spiro atoms. The standard InChI is InChI=1S/C15H14ClN5O2/c16-12-1-2-13-17-18-15(21(13)9-12)20-6-4-19(5-7-20)14(22)11-3-8-23-10-11/h1-3,8-10H,4-7H2. The number of pyridine rings is 1. The van der Waals surface area contributed by atoms with Gasteiger partial charge in [-0.1, -0.05) is 11.6 Å². The van der Waals surface area contributed by atoms with E-state index in [0.717, 1.165) is 11.6 Å². The Bertz CT molecular complexity index is 837. The zero-order valence-corrected chi connectivity index (χ0v) is 13.0. The van der Waals surface area contributed by atoms with Crippen molar-refractivity contribution < 1.29 is 9.21 Å². The number of carbonyl (C=O) groups is 1. The van der Waals surface area contributed by atoms with E-state index in [1.54, 1.807) is 18.3 Å². The minimum atomic E-state index is -0.00690. The Morgan fingerprint density at radius 2 is 1.96 bits per heavy atom. The van der Waals surface area contributed by atoms with E-state index >= 15 is 0 Å². The van der Waals surface area contributed by atoms with Gasteiger partial charge < -0.3 is 14.2 Å². The molecule has 1 amide bonds. The Morgan fingerprint density at radius 1 is 1.13 bits per heavy atom. The van der Waals surface area contributed by atoms with Gasteiger partial charge in [0.1, 0.15) is 6.26 Å². The molecule has 0 radical (unpaired) electrons. The molecule has 23 heavy (non-hydrogen) atoms. The normalized spacial score (nSPS) is 15.3. The smallest absolute Gasteiger partial charge is 0.257 e. The molecule has 3 aromatic heterocycles. The number of hydrogen-bond acceptors (Lipinski definition) is 5. The lowest BCUT2D eigenvalue weighted by atomic mass is 10.2. The van der Waals surface area contributed by atoms with Crippen molar-refractivity contribution in [3.8, 4) is 0 Å². The second-order valence-electron chi connectivity index (χ2n) is 5.37. The van der Waals surface area contributed by atoms with Crippen molar-refractivity contribution in [3.05, 3.63) is 47.5 Å². The number of amides is 1. The molecule has 3 aromatic rings. The van der Waals surface area contributed by atoms with Crippen molar-refractivity contribution in [2.45, 2.75) is 0 Å². The minimum absolute atomic E-state index is 0.00690. The number of piperazine rings is 1. The number of fused-ring (bicyclic) bond motifs is 1. The second kappa shape index (κ2) is 5.58. The number of anilines is 1. The Morgan fingerprint density at radius 3 is 2.70 bits per heavy atom. The molecule has 0 atom stereocenters. The van der Waals surface area contributed by atoms with E-state index in [1.807, 2.05) is 15.4 Å². The molecule has 7 nitrogen and oxygen atoms in total. The zero-order valence-electron chi connectivity index (χ0n) is 12.2. The summed E-state index contributed by atoms with van der Waals surface area (Å²) in [5.74, 6) is 0.741. The van der Waals surface area contributed by atoms with Gasteiger partial charge >= 0.3 is 0 Å². The van der Waals surface area contributed by atoms with Crippen molar-refractivity contribution >= 4 is 29.1 Å². The van der Waals surface area contributed by atoms with Crippen LogP contribution >= 0.6 is 11.6 Å². The summed E-state index contributed by atoms with van der Waals surface area (Å²) in [6, 6.07) is 5.30. The first-order valence-electron chi connectivity index (χ1n) is 7.29. The third kappa shape index (κ3) is 2.53. The van der Waals surface area contributed by atoms with E-state index in [-0.39, 0.29) is 5.91 Å². The van der Waals surface area contributed by atoms with Gasteiger partial charge in [0.05, 0.1) is 16.8 Å². The van der Waals surface area contributed by atoms with Gasteiger partial charge in [-0.25, -0.2) is 0 Å². The van der Waals surface area contributed by atoms with Crippen molar-refractivity contribution in [2.24, 2.45) is 0 Å². The number of halogens is 1. The van der Waals surface area contributed by atoms with Crippen molar-refractivity contribution in [2.75, 3.05) is 31.1 Å². The molecule has 0 unspecified atom stereocenters. The molecule has 0 aliphatic carbocycles. The number of rotatable bonds is 2. The Balaban J connectivity index is 1.51. The molecule has 0 saturated carbocycles. The van der Waals surface area contributed by atoms with Crippen LogP contribution < -0.4 is 4.90 Å². The van der Waals surface area contributed by atoms with E-state index in [4.69, 9.17) is 16.0 Å². The lowest BCUT2D eigenvalue weighted by molar-refractivity contribution is 0.0745. The van der Waals surface area contributed by atoms with E-state index in [1.165, 1.54) is 12.5 Å². The summed E-state index contributed by atoms with van der Waals surface area (Å²) in [4.78, 5) is 16.2. The highest BCUT2D eigenvalue weighted by Gasteiger charge is 2.25. The predicted octanol–water partition coefficient (Wildman–Crippen LogP) is 1.94. The van der Waals surface area contributed by atoms with Crippen LogP contribution in [0.1, 0.15) is 10.4 Å². The first kappa shape index (κ1) is 14.1. The highest BCUT2D eigenvalue weighted by atomic mass is 35.5. The summed E-state index contributed by atoms with van der Waals surface area (Å²) in [5, 5.41) is 9.02. The third-order valence-electron chi connectivity index (χ3n) is 3.97. The highest BCUT2D eigenvalue weighted by Crippen LogP contribution is 2.19. The van der Waals surface area contributed by atoms with Crippen LogP contribution in [0.15, 0.2) is 41.3 Å². The van der Waals surface area contributed by atoms with Gasteiger partial charge in [0.25, 0.3) is 5.91 Å². The number of hydrogen-bond donors (Lipinski definition) is 0. The van der Waals surface area contributed by atoms with Crippen LogP contribution in [0.25, 0.3) is 5.65 Å². The molecule has 0 bridgehead atoms. The summed E-state index contributed by atoms with van der Waals surface area (Å²) in [7, 11) is 0. The van der Waals surface area contributed by atoms with Crippen LogP contribution in [0.4, 0.5) is 5.95 Å². The fraction of sp³-hybridized carbons (Fsp3) is 0.267. The number of nitrogens with zero attached hydrogens (tertiary/aromatic N) is 5. The molecule has 1 aliphatic heterocycles. The number of carbonyl (C=O) groups excluding carboxylic acids is 1. The second-order valence-corrected chi connectivity index (χ2v) is 5.80. The summed E-state index contributed by atoms with van der Waals surface area (Å²) in [6.45, 7) is 2.63. The molecule has 1 fully saturated rings. The van der Waals surface area contributed by atoms with Gasteiger partial charge in [0.2, 0.25) is 5.95 Å². The monoisotopic (exact) mass is 331 g/mol. The lowest BCUT2D eigenvalue weighted by Crippen LogP contribution is -2.49. The predicted molar refractivity (Wildman–Crippen MR) is 84.8 cm³/mol. The molecule has 8 heteroatoms. The van der Waals surface area contributed by atoms with Gasteiger partial charge in [-0.3, -0.25) is 9.20 Å². The fourth-order valence-electron chi connectivity index (χ4n) is 2.75. The SMILES string of the molecule is O=C(c1ccoc1)N1CCN(c2nnc3ccc(Cl)cn23)CC1. The van der Waals surface area contributed by atoms with Gasteiger partial charge in [-0.15, -0.1) is 10.2 Å². The average molecular weight is 332 g/mol. The summed E-state index contributed by atoms with van der Waals surface area (Å²) in [5.41, 5.74) is 1.33. The maximum absolute atomic E-state index is 12.3. The Kier molecular flexibility index (Phi) is 3.42. The van der Waals surface area contributed by atoms with Crippen LogP contribution in [-0.2, 0) is 0 Å². The first-order valence-corrected chi connectivity index (χ1v) is 7.67. The molecule has 118 valence electrons. The van der Waals surface area contributed by atoms with E-state index in [0.29, 0.717) is 36.8 Å². The van der Waals surface area contributed by atoms with E-state index in [2.05, 4.69) is 15.1 Å². The number of aromatic nitrogens is 3. The molecule has 0 N–H and O–H groups in total. The third-order valence-corrected chi connectivity index (χ3v) is 4.19. The molecule has 4 rings (SSSR count). The van der Waals surface area contributed by atoms with Crippen LogP contribution in [0.2, 0.25) is 5.02 Å². The van der Waals surface area contributed by atoms with Gasteiger partial charge in [0, 0.05) is 32.4 Å². The topological polar surface area (TPSA) is 66.9 Å². The first-order chi connectivity index (χ1) is 11.2. The summed E-state index contributed by atoms with van der Waals surface area (Å²) in [6.07, 6.45) is 4.79. The maximum Gasteiger partial charge on any atom is 0.257 e. The molecule has 1 aliphatic rings. The lowest BCUT2D eigenvalue weighted by Gasteiger charge is -2.34. The van der Waals surface area contributed by atoms with Crippen LogP contribution in [0.5, 0.6) is 0 Å². The van der Waals surface area contributed by atoms with Gasteiger partial charge in [-0.05, 0) is 18.2 Å². The van der Waals surface area contributed by atoms with Crippen molar-refractivity contribution in [1.29, 1.82) is 0 Å². The Hall–Kier alpha value is -2.54. The maximum atomic E-state index is 12.3. The summed E-state index contributed by atoms with van der Waals surface area (Å²) < 4.78 is 6.84. The van der Waals surface area contributed by atoms with Crippen LogP contribution in [0.3, 0.4) is 0 Å². The fourth-order valence-corrected chi connectivity index (χ4v) is 2.91. The van der Waals surface area contributed by atoms with Crippen molar-refractivity contribution in [3.63, 3.8) is 0 Å². The van der Waals surface area contributed by atoms with E-state index in [9.17, 15) is 4.79 Å². The molecular weight excluding hydrogens is 318 g/mol. The van der Waals surface area contributed by atoms with Crippen molar-refractivity contribution in [1.82, 2.24) is 19.5 Å². The molecule has 0 aromatic carbocycles. The van der Waals surface area contributed by atoms with Crippen LogP contribution in [-0.4, -0.2) is 51.6 Å². The zero-order chi connectivity index (χ0) is 15.8. The molecule has 1 saturated heterocycles. The summed E-state index contributed by atoms with van der Waals surface area (Å²) >= 11 is 6.05. The highest BCUT2D eigenvalue weighted by molar-refractivity contribution is 6.30. The molecular formula is C15H14ClN5O2. The minimum Gasteiger partial charge on any atom is -0.472 e. The quantitative estimate of drug-likeness (QED) is 0.718.